The minimum atomic E-state index is -3.30. The van der Waals surface area contributed by atoms with Gasteiger partial charge in [-0.25, -0.2) is 17.9 Å². The third-order valence-corrected chi connectivity index (χ3v) is 5.47. The number of carbonyl (C=O) groups is 1. The van der Waals surface area contributed by atoms with E-state index in [9.17, 15) is 13.2 Å². The lowest BCUT2D eigenvalue weighted by Crippen LogP contribution is -2.50. The molecule has 0 spiro atoms. The number of carbonyl (C=O) groups excluding carboxylic acids is 1. The summed E-state index contributed by atoms with van der Waals surface area (Å²) < 4.78 is 31.4. The number of para-hydroxylation sites is 2. The van der Waals surface area contributed by atoms with E-state index in [4.69, 9.17) is 4.74 Å². The minimum absolute atomic E-state index is 0.260. The highest BCUT2D eigenvalue weighted by Crippen LogP contribution is 2.25. The Morgan fingerprint density at radius 2 is 1.86 bits per heavy atom. The summed E-state index contributed by atoms with van der Waals surface area (Å²) in [6.07, 6.45) is 3.37. The van der Waals surface area contributed by atoms with E-state index >= 15 is 0 Å². The van der Waals surface area contributed by atoms with Crippen molar-refractivity contribution < 1.29 is 17.9 Å². The second-order valence-corrected chi connectivity index (χ2v) is 8.97. The molecule has 8 heteroatoms. The number of anilines is 1. The Balaban J connectivity index is 1.57. The number of sulfonamides is 1. The van der Waals surface area contributed by atoms with Crippen LogP contribution >= 0.6 is 0 Å². The van der Waals surface area contributed by atoms with Gasteiger partial charge in [-0.3, -0.25) is 0 Å². The minimum Gasteiger partial charge on any atom is -0.491 e. The van der Waals surface area contributed by atoms with Crippen molar-refractivity contribution in [3.05, 3.63) is 60.2 Å². The molecular weight excluding hydrogens is 390 g/mol. The van der Waals surface area contributed by atoms with Crippen molar-refractivity contribution in [1.82, 2.24) is 9.62 Å². The van der Waals surface area contributed by atoms with Gasteiger partial charge in [0.05, 0.1) is 18.6 Å². The summed E-state index contributed by atoms with van der Waals surface area (Å²) in [6, 6.07) is 16.9. The number of hydrogen-bond acceptors (Lipinski definition) is 4. The maximum atomic E-state index is 12.7. The molecule has 2 aromatic rings. The molecule has 2 amide bonds. The first-order valence-corrected chi connectivity index (χ1v) is 11.6. The van der Waals surface area contributed by atoms with Crippen LogP contribution in [0.3, 0.4) is 0 Å². The Morgan fingerprint density at radius 3 is 2.62 bits per heavy atom. The van der Waals surface area contributed by atoms with Gasteiger partial charge in [0.25, 0.3) is 0 Å². The lowest BCUT2D eigenvalue weighted by Gasteiger charge is -2.32. The molecule has 1 fully saturated rings. The lowest BCUT2D eigenvalue weighted by molar-refractivity contribution is 0.190. The van der Waals surface area contributed by atoms with Crippen LogP contribution in [-0.4, -0.2) is 51.3 Å². The van der Waals surface area contributed by atoms with Crippen LogP contribution in [0.5, 0.6) is 5.75 Å². The van der Waals surface area contributed by atoms with Crippen LogP contribution in [0.25, 0.3) is 0 Å². The summed E-state index contributed by atoms with van der Waals surface area (Å²) in [5.74, 6) is 0.611. The zero-order valence-electron chi connectivity index (χ0n) is 16.5. The van der Waals surface area contributed by atoms with Gasteiger partial charge < -0.3 is 15.0 Å². The molecule has 1 aliphatic heterocycles. The number of urea groups is 1. The van der Waals surface area contributed by atoms with Crippen molar-refractivity contribution in [2.45, 2.75) is 25.3 Å². The first-order valence-electron chi connectivity index (χ1n) is 9.70. The summed E-state index contributed by atoms with van der Waals surface area (Å²) in [5.41, 5.74) is 1.79. The van der Waals surface area contributed by atoms with Gasteiger partial charge in [0.15, 0.2) is 0 Å². The van der Waals surface area contributed by atoms with Crippen LogP contribution in [0, 0.1) is 0 Å². The van der Waals surface area contributed by atoms with E-state index in [-0.39, 0.29) is 12.1 Å². The Bertz CT molecular complexity index is 919. The molecule has 1 atom stereocenters. The SMILES string of the molecule is CS(=O)(=O)NC1CCCN(C(=O)Nc2ccccc2OCCc2ccccc2)C1. The molecule has 3 rings (SSSR count). The molecule has 7 nitrogen and oxygen atoms in total. The van der Waals surface area contributed by atoms with Gasteiger partial charge >= 0.3 is 6.03 Å². The quantitative estimate of drug-likeness (QED) is 0.725. The summed E-state index contributed by atoms with van der Waals surface area (Å²) in [6.45, 7) is 1.43. The zero-order chi connectivity index (χ0) is 20.7. The normalized spacial score (nSPS) is 17.0. The second kappa shape index (κ2) is 9.76. The van der Waals surface area contributed by atoms with Crippen molar-refractivity contribution in [2.75, 3.05) is 31.3 Å². The third kappa shape index (κ3) is 6.76. The van der Waals surface area contributed by atoms with Crippen LogP contribution in [0.1, 0.15) is 18.4 Å². The fourth-order valence-corrected chi connectivity index (χ4v) is 4.17. The first kappa shape index (κ1) is 21.1. The van der Waals surface area contributed by atoms with E-state index in [2.05, 4.69) is 10.0 Å². The fourth-order valence-electron chi connectivity index (χ4n) is 3.37. The molecule has 1 heterocycles. The molecule has 0 bridgehead atoms. The van der Waals surface area contributed by atoms with Gasteiger partial charge in [0, 0.05) is 25.6 Å². The van der Waals surface area contributed by atoms with E-state index in [1.54, 1.807) is 11.0 Å². The smallest absolute Gasteiger partial charge is 0.322 e. The molecule has 0 saturated carbocycles. The fraction of sp³-hybridized carbons (Fsp3) is 0.381. The summed E-state index contributed by atoms with van der Waals surface area (Å²) >= 11 is 0. The topological polar surface area (TPSA) is 87.7 Å². The number of benzene rings is 2. The number of likely N-dealkylation sites (tertiary alicyclic amines) is 1. The molecule has 29 heavy (non-hydrogen) atoms. The molecule has 1 unspecified atom stereocenters. The van der Waals surface area contributed by atoms with E-state index in [1.165, 1.54) is 5.56 Å². The van der Waals surface area contributed by atoms with Crippen molar-refractivity contribution >= 4 is 21.7 Å². The Labute approximate surface area is 172 Å². The summed E-state index contributed by atoms with van der Waals surface area (Å²) in [7, 11) is -3.30. The van der Waals surface area contributed by atoms with E-state index in [0.29, 0.717) is 31.1 Å². The number of hydrogen-bond donors (Lipinski definition) is 2. The molecular formula is C21H27N3O4S. The van der Waals surface area contributed by atoms with E-state index in [1.807, 2.05) is 48.5 Å². The molecule has 2 aromatic carbocycles. The number of piperidine rings is 1. The Hall–Kier alpha value is -2.58. The largest absolute Gasteiger partial charge is 0.491 e. The highest BCUT2D eigenvalue weighted by atomic mass is 32.2. The maximum Gasteiger partial charge on any atom is 0.322 e. The number of rotatable bonds is 7. The van der Waals surface area contributed by atoms with Crippen LogP contribution < -0.4 is 14.8 Å². The van der Waals surface area contributed by atoms with E-state index in [0.717, 1.165) is 25.5 Å². The van der Waals surface area contributed by atoms with Crippen LogP contribution in [0.2, 0.25) is 0 Å². The van der Waals surface area contributed by atoms with Gasteiger partial charge in [-0.15, -0.1) is 0 Å². The molecule has 2 N–H and O–H groups in total. The number of nitrogens with zero attached hydrogens (tertiary/aromatic N) is 1. The van der Waals surface area contributed by atoms with Crippen molar-refractivity contribution in [2.24, 2.45) is 0 Å². The van der Waals surface area contributed by atoms with Crippen LogP contribution in [0.4, 0.5) is 10.5 Å². The number of nitrogens with one attached hydrogen (secondary N) is 2. The molecule has 1 saturated heterocycles. The average molecular weight is 418 g/mol. The zero-order valence-corrected chi connectivity index (χ0v) is 17.3. The number of ether oxygens (including phenoxy) is 1. The van der Waals surface area contributed by atoms with Gasteiger partial charge in [-0.05, 0) is 30.5 Å². The number of amides is 2. The summed E-state index contributed by atoms with van der Waals surface area (Å²) in [5, 5.41) is 2.90. The molecule has 156 valence electrons. The molecule has 0 radical (unpaired) electrons. The van der Waals surface area contributed by atoms with Crippen molar-refractivity contribution in [1.29, 1.82) is 0 Å². The third-order valence-electron chi connectivity index (χ3n) is 4.71. The van der Waals surface area contributed by atoms with Gasteiger partial charge in [0.1, 0.15) is 5.75 Å². The predicted octanol–water partition coefficient (Wildman–Crippen LogP) is 2.85. The standard InChI is InChI=1S/C21H27N3O4S/c1-29(26,27)23-18-10-7-14-24(16-18)21(25)22-19-11-5-6-12-20(19)28-15-13-17-8-3-2-4-9-17/h2-6,8-9,11-12,18,23H,7,10,13-16H2,1H3,(H,22,25). The van der Waals surface area contributed by atoms with Gasteiger partial charge in [-0.2, -0.15) is 0 Å². The summed E-state index contributed by atoms with van der Waals surface area (Å²) in [4.78, 5) is 14.3. The van der Waals surface area contributed by atoms with Gasteiger partial charge in [-0.1, -0.05) is 42.5 Å². The maximum absolute atomic E-state index is 12.7. The van der Waals surface area contributed by atoms with Crippen LogP contribution in [0.15, 0.2) is 54.6 Å². The molecule has 1 aliphatic rings. The first-order chi connectivity index (χ1) is 13.9. The Kier molecular flexibility index (Phi) is 7.11. The highest BCUT2D eigenvalue weighted by Gasteiger charge is 2.26. The Morgan fingerprint density at radius 1 is 1.14 bits per heavy atom. The average Bonchev–Trinajstić information content (AvgIpc) is 2.69. The van der Waals surface area contributed by atoms with Gasteiger partial charge in [0.2, 0.25) is 10.0 Å². The molecule has 0 aliphatic carbocycles. The van der Waals surface area contributed by atoms with Crippen LogP contribution in [-0.2, 0) is 16.4 Å². The monoisotopic (exact) mass is 417 g/mol. The molecule has 0 aromatic heterocycles. The highest BCUT2D eigenvalue weighted by molar-refractivity contribution is 7.88. The van der Waals surface area contributed by atoms with E-state index < -0.39 is 10.0 Å². The van der Waals surface area contributed by atoms with Crippen molar-refractivity contribution in [3.8, 4) is 5.75 Å². The lowest BCUT2D eigenvalue weighted by atomic mass is 10.1. The predicted molar refractivity (Wildman–Crippen MR) is 114 cm³/mol. The second-order valence-electron chi connectivity index (χ2n) is 7.19. The van der Waals surface area contributed by atoms with Crippen molar-refractivity contribution in [3.63, 3.8) is 0 Å².